The molecule has 100 valence electrons. The number of benzene rings is 1. The van der Waals surface area contributed by atoms with E-state index in [1.165, 1.54) is 0 Å². The maximum Gasteiger partial charge on any atom is 0.229 e. The number of H-pyrrole nitrogens is 1. The van der Waals surface area contributed by atoms with Gasteiger partial charge in [0.1, 0.15) is 0 Å². The molecule has 1 aromatic carbocycles. The summed E-state index contributed by atoms with van der Waals surface area (Å²) in [7, 11) is 1.92. The topological polar surface area (TPSA) is 70.8 Å². The molecule has 0 saturated carbocycles. The third-order valence-electron chi connectivity index (χ3n) is 3.10. The van der Waals surface area contributed by atoms with E-state index in [9.17, 15) is 0 Å². The van der Waals surface area contributed by atoms with Crippen LogP contribution in [0.25, 0.3) is 11.3 Å². The van der Waals surface area contributed by atoms with E-state index >= 15 is 0 Å². The number of nitrogens with two attached hydrogens (primary N) is 1. The molecule has 5 nitrogen and oxygen atoms in total. The average molecular weight is 265 g/mol. The van der Waals surface area contributed by atoms with Crippen LogP contribution in [0, 0.1) is 0 Å². The molecule has 2 aromatic heterocycles. The Bertz CT molecular complexity index is 689. The van der Waals surface area contributed by atoms with E-state index in [0.717, 1.165) is 22.6 Å². The van der Waals surface area contributed by atoms with Crippen LogP contribution in [-0.2, 0) is 0 Å². The number of nitrogens with one attached hydrogen (secondary N) is 1. The van der Waals surface area contributed by atoms with Gasteiger partial charge in [0, 0.05) is 48.3 Å². The van der Waals surface area contributed by atoms with Crippen molar-refractivity contribution in [1.82, 2.24) is 15.0 Å². The first-order valence-electron chi connectivity index (χ1n) is 6.29. The molecule has 0 spiro atoms. The van der Waals surface area contributed by atoms with Crippen LogP contribution < -0.4 is 10.6 Å². The van der Waals surface area contributed by atoms with Crippen molar-refractivity contribution in [3.8, 4) is 11.3 Å². The van der Waals surface area contributed by atoms with Crippen molar-refractivity contribution in [3.63, 3.8) is 0 Å². The molecule has 0 saturated heterocycles. The van der Waals surface area contributed by atoms with Crippen molar-refractivity contribution in [2.24, 2.45) is 0 Å². The third-order valence-corrected chi connectivity index (χ3v) is 3.10. The lowest BCUT2D eigenvalue weighted by Crippen LogP contribution is -2.13. The highest BCUT2D eigenvalue weighted by atomic mass is 15.2. The number of nitrogen functional groups attached to an aromatic ring is 1. The Kier molecular flexibility index (Phi) is 3.09. The molecule has 0 amide bonds. The highest BCUT2D eigenvalue weighted by molar-refractivity contribution is 5.63. The van der Waals surface area contributed by atoms with Gasteiger partial charge in [-0.1, -0.05) is 6.07 Å². The predicted octanol–water partition coefficient (Wildman–Crippen LogP) is 2.82. The Morgan fingerprint density at radius 3 is 2.55 bits per heavy atom. The normalized spacial score (nSPS) is 10.4. The van der Waals surface area contributed by atoms with Crippen LogP contribution >= 0.6 is 0 Å². The van der Waals surface area contributed by atoms with Gasteiger partial charge in [0.15, 0.2) is 0 Å². The first-order chi connectivity index (χ1) is 9.74. The lowest BCUT2D eigenvalue weighted by molar-refractivity contribution is 1.04. The van der Waals surface area contributed by atoms with E-state index in [1.54, 1.807) is 12.4 Å². The van der Waals surface area contributed by atoms with Crippen molar-refractivity contribution >= 4 is 17.3 Å². The fraction of sp³-hybridized carbons (Fsp3) is 0.0667. The maximum atomic E-state index is 5.79. The monoisotopic (exact) mass is 265 g/mol. The first-order valence-corrected chi connectivity index (χ1v) is 6.29. The molecule has 20 heavy (non-hydrogen) atoms. The second-order valence-electron chi connectivity index (χ2n) is 4.51. The largest absolute Gasteiger partial charge is 0.399 e. The second kappa shape index (κ2) is 5.05. The molecule has 0 atom stereocenters. The van der Waals surface area contributed by atoms with Gasteiger partial charge in [-0.3, -0.25) is 0 Å². The Labute approximate surface area is 117 Å². The summed E-state index contributed by atoms with van der Waals surface area (Å²) in [5.41, 5.74) is 9.43. The zero-order chi connectivity index (χ0) is 13.9. The minimum atomic E-state index is 0.630. The quantitative estimate of drug-likeness (QED) is 0.714. The van der Waals surface area contributed by atoms with Crippen LogP contribution in [0.1, 0.15) is 0 Å². The van der Waals surface area contributed by atoms with E-state index in [0.29, 0.717) is 5.95 Å². The molecule has 2 heterocycles. The number of aromatic amines is 1. The first kappa shape index (κ1) is 12.2. The summed E-state index contributed by atoms with van der Waals surface area (Å²) >= 11 is 0. The van der Waals surface area contributed by atoms with E-state index in [2.05, 4.69) is 15.0 Å². The minimum absolute atomic E-state index is 0.630. The summed E-state index contributed by atoms with van der Waals surface area (Å²) < 4.78 is 0. The Balaban J connectivity index is 1.87. The van der Waals surface area contributed by atoms with Gasteiger partial charge in [0.05, 0.1) is 0 Å². The lowest BCUT2D eigenvalue weighted by Gasteiger charge is -2.17. The van der Waals surface area contributed by atoms with E-state index in [4.69, 9.17) is 5.73 Å². The number of hydrogen-bond acceptors (Lipinski definition) is 4. The summed E-state index contributed by atoms with van der Waals surface area (Å²) in [6, 6.07) is 11.6. The molecule has 0 radical (unpaired) electrons. The Morgan fingerprint density at radius 1 is 1.10 bits per heavy atom. The third kappa shape index (κ3) is 2.33. The zero-order valence-electron chi connectivity index (χ0n) is 11.1. The highest BCUT2D eigenvalue weighted by Gasteiger charge is 2.08. The lowest BCUT2D eigenvalue weighted by atomic mass is 10.2. The van der Waals surface area contributed by atoms with E-state index in [1.807, 2.05) is 54.5 Å². The molecule has 0 aliphatic rings. The summed E-state index contributed by atoms with van der Waals surface area (Å²) in [5.74, 6) is 0.630. The molecule has 3 N–H and O–H groups in total. The van der Waals surface area contributed by atoms with Gasteiger partial charge in [-0.25, -0.2) is 9.97 Å². The van der Waals surface area contributed by atoms with Crippen molar-refractivity contribution in [2.45, 2.75) is 0 Å². The number of anilines is 3. The summed E-state index contributed by atoms with van der Waals surface area (Å²) in [4.78, 5) is 13.8. The summed E-state index contributed by atoms with van der Waals surface area (Å²) in [5, 5.41) is 0. The van der Waals surface area contributed by atoms with Crippen molar-refractivity contribution in [3.05, 3.63) is 55.0 Å². The predicted molar refractivity (Wildman–Crippen MR) is 80.7 cm³/mol. The Hall–Kier alpha value is -2.82. The van der Waals surface area contributed by atoms with Crippen LogP contribution in [0.3, 0.4) is 0 Å². The van der Waals surface area contributed by atoms with Crippen LogP contribution in [0.2, 0.25) is 0 Å². The van der Waals surface area contributed by atoms with E-state index in [-0.39, 0.29) is 0 Å². The molecule has 3 aromatic rings. The molecule has 0 aliphatic heterocycles. The molecular formula is C15H15N5. The van der Waals surface area contributed by atoms with Crippen LogP contribution in [0.5, 0.6) is 0 Å². The van der Waals surface area contributed by atoms with Gasteiger partial charge in [0.25, 0.3) is 0 Å². The molecule has 5 heteroatoms. The van der Waals surface area contributed by atoms with Crippen molar-refractivity contribution < 1.29 is 0 Å². The molecule has 0 aliphatic carbocycles. The minimum Gasteiger partial charge on any atom is -0.399 e. The second-order valence-corrected chi connectivity index (χ2v) is 4.51. The molecule has 3 rings (SSSR count). The van der Waals surface area contributed by atoms with Gasteiger partial charge >= 0.3 is 0 Å². The molecule has 0 fully saturated rings. The molecule has 0 bridgehead atoms. The average Bonchev–Trinajstić information content (AvgIpc) is 3.01. The van der Waals surface area contributed by atoms with Crippen molar-refractivity contribution in [2.75, 3.05) is 17.7 Å². The number of nitrogens with zero attached hydrogens (tertiary/aromatic N) is 3. The highest BCUT2D eigenvalue weighted by Crippen LogP contribution is 2.23. The zero-order valence-corrected chi connectivity index (χ0v) is 11.1. The van der Waals surface area contributed by atoms with Gasteiger partial charge in [0.2, 0.25) is 5.95 Å². The maximum absolute atomic E-state index is 5.79. The fourth-order valence-corrected chi connectivity index (χ4v) is 1.99. The SMILES string of the molecule is CN(c1cccc(N)c1)c1ncc(-c2ccc[nH]2)cn1. The standard InChI is InChI=1S/C15H15N5/c1-20(13-5-2-4-12(16)8-13)15-18-9-11(10-19-15)14-6-3-7-17-14/h2-10,17H,16H2,1H3. The summed E-state index contributed by atoms with van der Waals surface area (Å²) in [6.45, 7) is 0. The van der Waals surface area contributed by atoms with Gasteiger partial charge in [-0.15, -0.1) is 0 Å². The van der Waals surface area contributed by atoms with Gasteiger partial charge in [-0.05, 0) is 30.3 Å². The van der Waals surface area contributed by atoms with Gasteiger partial charge in [-0.2, -0.15) is 0 Å². The number of hydrogen-bond donors (Lipinski definition) is 2. The van der Waals surface area contributed by atoms with E-state index < -0.39 is 0 Å². The van der Waals surface area contributed by atoms with Crippen molar-refractivity contribution in [1.29, 1.82) is 0 Å². The van der Waals surface area contributed by atoms with Gasteiger partial charge < -0.3 is 15.6 Å². The van der Waals surface area contributed by atoms with Crippen LogP contribution in [-0.4, -0.2) is 22.0 Å². The Morgan fingerprint density at radius 2 is 1.90 bits per heavy atom. The van der Waals surface area contributed by atoms with Crippen LogP contribution in [0.15, 0.2) is 55.0 Å². The number of aromatic nitrogens is 3. The molecule has 0 unspecified atom stereocenters. The number of rotatable bonds is 3. The summed E-state index contributed by atoms with van der Waals surface area (Å²) in [6.07, 6.45) is 5.48. The fourth-order valence-electron chi connectivity index (χ4n) is 1.99. The molecular weight excluding hydrogens is 250 g/mol. The van der Waals surface area contributed by atoms with Crippen LogP contribution in [0.4, 0.5) is 17.3 Å². The smallest absolute Gasteiger partial charge is 0.229 e.